The lowest BCUT2D eigenvalue weighted by Crippen LogP contribution is -2.56. The van der Waals surface area contributed by atoms with Crippen molar-refractivity contribution in [2.45, 2.75) is 6.10 Å². The molecule has 39 heavy (non-hydrogen) atoms. The summed E-state index contributed by atoms with van der Waals surface area (Å²) in [6.07, 6.45) is 4.17. The molecule has 0 aliphatic carbocycles. The van der Waals surface area contributed by atoms with Crippen molar-refractivity contribution in [2.75, 3.05) is 66.6 Å². The Bertz CT molecular complexity index is 1510. The second-order valence-electron chi connectivity index (χ2n) is 8.07. The monoisotopic (exact) mass is 516 g/mol. The lowest BCUT2D eigenvalue weighted by molar-refractivity contribution is -0.905. The van der Waals surface area contributed by atoms with E-state index in [0.717, 1.165) is 0 Å². The predicted molar refractivity (Wildman–Crippen MR) is 151 cm³/mol. The highest BCUT2D eigenvalue weighted by Crippen LogP contribution is 2.09. The van der Waals surface area contributed by atoms with Crippen LogP contribution < -0.4 is 0 Å². The van der Waals surface area contributed by atoms with Gasteiger partial charge in [0, 0.05) is 65.1 Å². The summed E-state index contributed by atoms with van der Waals surface area (Å²) in [6.45, 7) is 1.15. The Labute approximate surface area is 233 Å². The summed E-state index contributed by atoms with van der Waals surface area (Å²) >= 11 is 0. The molecule has 0 aliphatic rings. The van der Waals surface area contributed by atoms with Gasteiger partial charge in [-0.2, -0.15) is 0 Å². The molecule has 0 saturated heterocycles. The fourth-order valence-electron chi connectivity index (χ4n) is 2.94. The number of hydrogen-bond acceptors (Lipinski definition) is 4. The SMILES string of the molecule is C#CC#CC#CC#CC#CC#CC#CC#CC#CC#CC#C[N+](CCO)(CCO)CC(O)C[N+](C)(C)CCO. The van der Waals surface area contributed by atoms with Crippen LogP contribution >= 0.6 is 0 Å². The number of quaternary nitrogens is 2. The Hall–Kier alpha value is -5.08. The zero-order chi connectivity index (χ0) is 29.1. The minimum absolute atomic E-state index is 0.00314. The van der Waals surface area contributed by atoms with E-state index < -0.39 is 6.10 Å². The van der Waals surface area contributed by atoms with Crippen LogP contribution in [0.25, 0.3) is 0 Å². The van der Waals surface area contributed by atoms with Gasteiger partial charge in [-0.3, -0.25) is 0 Å². The summed E-state index contributed by atoms with van der Waals surface area (Å²) < 4.78 is 0.390. The first-order valence-electron chi connectivity index (χ1n) is 11.5. The molecule has 1 atom stereocenters. The Morgan fingerprint density at radius 3 is 1.18 bits per heavy atom. The number of aliphatic hydroxyl groups excluding tert-OH is 4. The van der Waals surface area contributed by atoms with Gasteiger partial charge in [-0.15, -0.1) is 6.42 Å². The predicted octanol–water partition coefficient (Wildman–Crippen LogP) is -2.16. The molecule has 0 bridgehead atoms. The van der Waals surface area contributed by atoms with Gasteiger partial charge in [-0.1, -0.05) is 0 Å². The molecular weight excluding hydrogens is 488 g/mol. The van der Waals surface area contributed by atoms with E-state index in [4.69, 9.17) is 6.42 Å². The second kappa shape index (κ2) is 22.1. The minimum atomic E-state index is -0.765. The molecule has 0 amide bonds. The molecule has 192 valence electrons. The quantitative estimate of drug-likeness (QED) is 0.197. The standard InChI is InChI=1S/C33H28N2O4/c1-4-5-6-7-8-9-10-11-12-13-14-15-16-17-18-19-20-21-22-23-24-35(26-29-37,27-30-38)32-33(39)31-34(2,3)25-28-36/h1,33,36-39H,25-32H2,2-3H3/q+2. The van der Waals surface area contributed by atoms with Crippen molar-refractivity contribution in [3.63, 3.8) is 0 Å². The van der Waals surface area contributed by atoms with E-state index >= 15 is 0 Å². The summed E-state index contributed by atoms with van der Waals surface area (Å²) in [5.74, 6) is 49.5. The summed E-state index contributed by atoms with van der Waals surface area (Å²) in [5.41, 5.74) is 0. The van der Waals surface area contributed by atoms with E-state index in [2.05, 4.69) is 124 Å². The maximum Gasteiger partial charge on any atom is 0.153 e. The molecule has 0 fully saturated rings. The maximum absolute atomic E-state index is 10.6. The lowest BCUT2D eigenvalue weighted by atomic mass is 10.2. The van der Waals surface area contributed by atoms with Gasteiger partial charge in [-0.05, 0) is 47.4 Å². The molecule has 1 unspecified atom stereocenters. The second-order valence-corrected chi connectivity index (χ2v) is 8.07. The highest BCUT2D eigenvalue weighted by molar-refractivity contribution is 5.47. The molecule has 6 nitrogen and oxygen atoms in total. The smallest absolute Gasteiger partial charge is 0.153 e. The largest absolute Gasteiger partial charge is 0.391 e. The van der Waals surface area contributed by atoms with Gasteiger partial charge in [0.2, 0.25) is 0 Å². The first-order chi connectivity index (χ1) is 18.8. The van der Waals surface area contributed by atoms with Gasteiger partial charge >= 0.3 is 0 Å². The van der Waals surface area contributed by atoms with E-state index in [1.54, 1.807) is 0 Å². The molecule has 0 rings (SSSR count). The Kier molecular flexibility index (Phi) is 19.3. The van der Waals surface area contributed by atoms with Crippen molar-refractivity contribution >= 4 is 0 Å². The zero-order valence-corrected chi connectivity index (χ0v) is 22.0. The van der Waals surface area contributed by atoms with Gasteiger partial charge < -0.3 is 24.9 Å². The summed E-state index contributed by atoms with van der Waals surface area (Å²) in [5, 5.41) is 38.8. The van der Waals surface area contributed by atoms with Crippen molar-refractivity contribution in [1.29, 1.82) is 0 Å². The van der Waals surface area contributed by atoms with Crippen molar-refractivity contribution < 1.29 is 29.4 Å². The molecule has 6 heteroatoms. The minimum Gasteiger partial charge on any atom is -0.391 e. The summed E-state index contributed by atoms with van der Waals surface area (Å²) in [7, 11) is 3.80. The maximum atomic E-state index is 10.6. The zero-order valence-electron chi connectivity index (χ0n) is 22.0. The van der Waals surface area contributed by atoms with Crippen LogP contribution in [-0.4, -0.2) is 102 Å². The van der Waals surface area contributed by atoms with Crippen LogP contribution in [0.3, 0.4) is 0 Å². The number of nitrogens with zero attached hydrogens (tertiary/aromatic N) is 2. The van der Waals surface area contributed by atoms with Crippen molar-refractivity contribution in [3.8, 4) is 131 Å². The molecule has 0 aromatic heterocycles. The first kappa shape index (κ1) is 33.9. The van der Waals surface area contributed by atoms with Crippen LogP contribution in [-0.2, 0) is 0 Å². The molecule has 0 saturated carbocycles. The van der Waals surface area contributed by atoms with Gasteiger partial charge in [-0.25, -0.2) is 4.48 Å². The highest BCUT2D eigenvalue weighted by Gasteiger charge is 2.32. The highest BCUT2D eigenvalue weighted by atomic mass is 16.3. The number of terminal acetylenes is 1. The summed E-state index contributed by atoms with van der Waals surface area (Å²) in [6, 6.07) is 2.94. The molecule has 0 radical (unpaired) electrons. The average Bonchev–Trinajstić information content (AvgIpc) is 2.87. The average molecular weight is 517 g/mol. The van der Waals surface area contributed by atoms with Gasteiger partial charge in [0.15, 0.2) is 12.1 Å². The van der Waals surface area contributed by atoms with Gasteiger partial charge in [0.1, 0.15) is 32.7 Å². The van der Waals surface area contributed by atoms with E-state index in [1.807, 2.05) is 14.1 Å². The van der Waals surface area contributed by atoms with Crippen LogP contribution in [0.15, 0.2) is 0 Å². The third-order valence-corrected chi connectivity index (χ3v) is 4.52. The number of aliphatic hydroxyl groups is 4. The molecule has 0 heterocycles. The lowest BCUT2D eigenvalue weighted by Gasteiger charge is -2.35. The topological polar surface area (TPSA) is 80.9 Å². The third-order valence-electron chi connectivity index (χ3n) is 4.52. The normalized spacial score (nSPS) is 8.95. The Morgan fingerprint density at radius 1 is 0.513 bits per heavy atom. The van der Waals surface area contributed by atoms with Crippen LogP contribution in [0, 0.1) is 131 Å². The van der Waals surface area contributed by atoms with Crippen LogP contribution in [0.5, 0.6) is 0 Å². The van der Waals surface area contributed by atoms with Crippen LogP contribution in [0.2, 0.25) is 0 Å². The Morgan fingerprint density at radius 2 is 0.846 bits per heavy atom. The van der Waals surface area contributed by atoms with Crippen molar-refractivity contribution in [2.24, 2.45) is 0 Å². The summed E-state index contributed by atoms with van der Waals surface area (Å²) in [4.78, 5) is 0. The van der Waals surface area contributed by atoms with E-state index in [1.165, 1.54) is 0 Å². The molecule has 0 aromatic carbocycles. The molecule has 0 aromatic rings. The van der Waals surface area contributed by atoms with E-state index in [-0.39, 0.29) is 43.9 Å². The van der Waals surface area contributed by atoms with Gasteiger partial charge in [0.05, 0.1) is 39.8 Å². The first-order valence-corrected chi connectivity index (χ1v) is 11.5. The molecule has 0 aliphatic heterocycles. The fourth-order valence-corrected chi connectivity index (χ4v) is 2.94. The fraction of sp³-hybridized carbons (Fsp3) is 0.333. The van der Waals surface area contributed by atoms with Crippen LogP contribution in [0.1, 0.15) is 0 Å². The van der Waals surface area contributed by atoms with Crippen molar-refractivity contribution in [3.05, 3.63) is 0 Å². The molecule has 0 spiro atoms. The van der Waals surface area contributed by atoms with Crippen LogP contribution in [0.4, 0.5) is 0 Å². The third kappa shape index (κ3) is 19.7. The van der Waals surface area contributed by atoms with Crippen molar-refractivity contribution in [1.82, 2.24) is 0 Å². The number of hydrogen-bond donors (Lipinski definition) is 4. The van der Waals surface area contributed by atoms with Gasteiger partial charge in [0.25, 0.3) is 0 Å². The number of likely N-dealkylation sites (N-methyl/N-ethyl adjacent to an activating group) is 1. The molecule has 4 N–H and O–H groups in total. The Balaban J connectivity index is 5.15. The number of rotatable bonds is 10. The molecular formula is C33H28N2O4+2. The van der Waals surface area contributed by atoms with E-state index in [9.17, 15) is 20.4 Å². The van der Waals surface area contributed by atoms with E-state index in [0.29, 0.717) is 17.6 Å².